The van der Waals surface area contributed by atoms with Gasteiger partial charge in [0.1, 0.15) is 0 Å². The Balaban J connectivity index is 1.73. The number of carbonyl (C=O) groups is 1. The van der Waals surface area contributed by atoms with Crippen molar-refractivity contribution in [3.8, 4) is 11.3 Å². The molecule has 0 fully saturated rings. The summed E-state index contributed by atoms with van der Waals surface area (Å²) in [6.45, 7) is 2.01. The van der Waals surface area contributed by atoms with Crippen LogP contribution >= 0.6 is 0 Å². The molecule has 1 heterocycles. The number of sulfonamides is 1. The van der Waals surface area contributed by atoms with Crippen molar-refractivity contribution in [1.29, 1.82) is 0 Å². The predicted molar refractivity (Wildman–Crippen MR) is 118 cm³/mol. The van der Waals surface area contributed by atoms with Crippen LogP contribution in [0.4, 0.5) is 5.69 Å². The number of aryl methyl sites for hydroxylation is 1. The molecule has 0 saturated carbocycles. The van der Waals surface area contributed by atoms with Gasteiger partial charge in [-0.1, -0.05) is 48.0 Å². The zero-order valence-electron chi connectivity index (χ0n) is 16.2. The van der Waals surface area contributed by atoms with Crippen LogP contribution < -0.4 is 10.5 Å². The van der Waals surface area contributed by atoms with Crippen LogP contribution in [0.3, 0.4) is 0 Å². The predicted octanol–water partition coefficient (Wildman–Crippen LogP) is 4.11. The van der Waals surface area contributed by atoms with Crippen molar-refractivity contribution in [2.45, 2.75) is 11.8 Å². The highest BCUT2D eigenvalue weighted by Crippen LogP contribution is 2.26. The van der Waals surface area contributed by atoms with Crippen molar-refractivity contribution in [3.05, 3.63) is 90.0 Å². The SMILES string of the molecule is Cc1ccc(-c2cc(C(=O)Nc3ccc(S(N)(=O)=O)cc3)c3ccccc3n2)cc1. The second-order valence-corrected chi connectivity index (χ2v) is 8.52. The molecular weight excluding hydrogens is 398 g/mol. The number of aromatic nitrogens is 1. The molecule has 0 saturated heterocycles. The number of benzene rings is 3. The van der Waals surface area contributed by atoms with E-state index in [2.05, 4.69) is 5.32 Å². The first-order chi connectivity index (χ1) is 14.3. The molecule has 1 amide bonds. The monoisotopic (exact) mass is 417 g/mol. The van der Waals surface area contributed by atoms with Gasteiger partial charge in [-0.25, -0.2) is 18.5 Å². The van der Waals surface area contributed by atoms with Gasteiger partial charge in [-0.05, 0) is 43.3 Å². The van der Waals surface area contributed by atoms with Crippen molar-refractivity contribution in [2.75, 3.05) is 5.32 Å². The number of para-hydroxylation sites is 1. The Kier molecular flexibility index (Phi) is 5.07. The van der Waals surface area contributed by atoms with Crippen LogP contribution in [0.25, 0.3) is 22.2 Å². The van der Waals surface area contributed by atoms with Gasteiger partial charge < -0.3 is 5.32 Å². The summed E-state index contributed by atoms with van der Waals surface area (Å²) in [4.78, 5) is 17.8. The standard InChI is InChI=1S/C23H19N3O3S/c1-15-6-8-16(9-7-15)22-14-20(19-4-2-3-5-21(19)26-22)23(27)25-17-10-12-18(13-11-17)30(24,28)29/h2-14H,1H3,(H,25,27)(H2,24,28,29). The lowest BCUT2D eigenvalue weighted by Gasteiger charge is -2.11. The van der Waals surface area contributed by atoms with Gasteiger partial charge in [-0.3, -0.25) is 4.79 Å². The van der Waals surface area contributed by atoms with Gasteiger partial charge in [0.05, 0.1) is 21.7 Å². The highest BCUT2D eigenvalue weighted by atomic mass is 32.2. The molecule has 6 nitrogen and oxygen atoms in total. The molecule has 30 heavy (non-hydrogen) atoms. The molecule has 0 aliphatic carbocycles. The molecule has 7 heteroatoms. The fourth-order valence-corrected chi connectivity index (χ4v) is 3.68. The van der Waals surface area contributed by atoms with Crippen molar-refractivity contribution in [3.63, 3.8) is 0 Å². The lowest BCUT2D eigenvalue weighted by atomic mass is 10.0. The number of amides is 1. The van der Waals surface area contributed by atoms with Gasteiger partial charge in [0.15, 0.2) is 0 Å². The molecule has 0 bridgehead atoms. The van der Waals surface area contributed by atoms with E-state index < -0.39 is 10.0 Å². The molecule has 4 rings (SSSR count). The van der Waals surface area contributed by atoms with E-state index in [1.54, 1.807) is 6.07 Å². The number of anilines is 1. The van der Waals surface area contributed by atoms with Crippen LogP contribution in [-0.2, 0) is 10.0 Å². The van der Waals surface area contributed by atoms with Crippen LogP contribution in [0.15, 0.2) is 83.8 Å². The molecule has 0 radical (unpaired) electrons. The number of carbonyl (C=O) groups excluding carboxylic acids is 1. The van der Waals surface area contributed by atoms with E-state index in [4.69, 9.17) is 10.1 Å². The van der Waals surface area contributed by atoms with Crippen LogP contribution in [0.5, 0.6) is 0 Å². The maximum absolute atomic E-state index is 13.1. The largest absolute Gasteiger partial charge is 0.322 e. The Hall–Kier alpha value is -3.55. The Morgan fingerprint density at radius 1 is 0.933 bits per heavy atom. The van der Waals surface area contributed by atoms with Gasteiger partial charge in [0.2, 0.25) is 10.0 Å². The number of pyridine rings is 1. The van der Waals surface area contributed by atoms with Gasteiger partial charge in [-0.2, -0.15) is 0 Å². The molecule has 0 spiro atoms. The van der Waals surface area contributed by atoms with E-state index >= 15 is 0 Å². The molecule has 3 N–H and O–H groups in total. The first-order valence-corrected chi connectivity index (χ1v) is 10.8. The summed E-state index contributed by atoms with van der Waals surface area (Å²) >= 11 is 0. The minimum atomic E-state index is -3.79. The smallest absolute Gasteiger partial charge is 0.256 e. The summed E-state index contributed by atoms with van der Waals surface area (Å²) < 4.78 is 22.8. The molecule has 0 aliphatic heterocycles. The minimum Gasteiger partial charge on any atom is -0.322 e. The van der Waals surface area contributed by atoms with Crippen LogP contribution in [0.1, 0.15) is 15.9 Å². The first kappa shape index (κ1) is 19.8. The third-order valence-electron chi connectivity index (χ3n) is 4.75. The van der Waals surface area contributed by atoms with E-state index in [1.807, 2.05) is 55.5 Å². The lowest BCUT2D eigenvalue weighted by molar-refractivity contribution is 0.102. The number of nitrogens with zero attached hydrogens (tertiary/aromatic N) is 1. The highest BCUT2D eigenvalue weighted by Gasteiger charge is 2.15. The average Bonchev–Trinajstić information content (AvgIpc) is 2.73. The van der Waals surface area contributed by atoms with Crippen molar-refractivity contribution < 1.29 is 13.2 Å². The normalized spacial score (nSPS) is 11.4. The second-order valence-electron chi connectivity index (χ2n) is 6.96. The Morgan fingerprint density at radius 3 is 2.27 bits per heavy atom. The van der Waals surface area contributed by atoms with Gasteiger partial charge in [0.25, 0.3) is 5.91 Å². The second kappa shape index (κ2) is 7.70. The molecule has 0 unspecified atom stereocenters. The molecule has 0 aliphatic rings. The highest BCUT2D eigenvalue weighted by molar-refractivity contribution is 7.89. The fraction of sp³-hybridized carbons (Fsp3) is 0.0435. The molecule has 150 valence electrons. The Bertz CT molecular complexity index is 1350. The van der Waals surface area contributed by atoms with Crippen LogP contribution in [0.2, 0.25) is 0 Å². The van der Waals surface area contributed by atoms with E-state index in [-0.39, 0.29) is 10.8 Å². The molecule has 0 atom stereocenters. The third kappa shape index (κ3) is 4.07. The first-order valence-electron chi connectivity index (χ1n) is 9.22. The Morgan fingerprint density at radius 2 is 1.60 bits per heavy atom. The summed E-state index contributed by atoms with van der Waals surface area (Å²) in [5.74, 6) is -0.315. The number of nitrogens with two attached hydrogens (primary N) is 1. The minimum absolute atomic E-state index is 0.0171. The Labute approximate surface area is 174 Å². The van der Waals surface area contributed by atoms with Gasteiger partial charge in [-0.15, -0.1) is 0 Å². The molecule has 1 aromatic heterocycles. The zero-order valence-corrected chi connectivity index (χ0v) is 17.0. The maximum Gasteiger partial charge on any atom is 0.256 e. The number of nitrogens with one attached hydrogen (secondary N) is 1. The van der Waals surface area contributed by atoms with Crippen molar-refractivity contribution in [2.24, 2.45) is 5.14 Å². The van der Waals surface area contributed by atoms with E-state index in [0.717, 1.165) is 16.5 Å². The maximum atomic E-state index is 13.1. The van der Waals surface area contributed by atoms with Crippen LogP contribution in [0, 0.1) is 6.92 Å². The number of fused-ring (bicyclic) bond motifs is 1. The van der Waals surface area contributed by atoms with Crippen molar-refractivity contribution >= 4 is 32.5 Å². The van der Waals surface area contributed by atoms with Gasteiger partial charge in [0, 0.05) is 16.6 Å². The topological polar surface area (TPSA) is 102 Å². The number of primary sulfonamides is 1. The van der Waals surface area contributed by atoms with Gasteiger partial charge >= 0.3 is 0 Å². The average molecular weight is 417 g/mol. The quantitative estimate of drug-likeness (QED) is 0.522. The fourth-order valence-electron chi connectivity index (χ4n) is 3.16. The summed E-state index contributed by atoms with van der Waals surface area (Å²) in [7, 11) is -3.79. The van der Waals surface area contributed by atoms with E-state index in [1.165, 1.54) is 24.3 Å². The van der Waals surface area contributed by atoms with Crippen LogP contribution in [-0.4, -0.2) is 19.3 Å². The van der Waals surface area contributed by atoms with Crippen molar-refractivity contribution in [1.82, 2.24) is 4.98 Å². The lowest BCUT2D eigenvalue weighted by Crippen LogP contribution is -2.14. The molecular formula is C23H19N3O3S. The molecule has 4 aromatic rings. The number of rotatable bonds is 4. The summed E-state index contributed by atoms with van der Waals surface area (Å²) in [5, 5.41) is 8.66. The van der Waals surface area contributed by atoms with E-state index in [9.17, 15) is 13.2 Å². The summed E-state index contributed by atoms with van der Waals surface area (Å²) in [6, 6.07) is 22.9. The summed E-state index contributed by atoms with van der Waals surface area (Å²) in [5.41, 5.74) is 4.41. The summed E-state index contributed by atoms with van der Waals surface area (Å²) in [6.07, 6.45) is 0. The molecule has 3 aromatic carbocycles. The van der Waals surface area contributed by atoms with E-state index in [0.29, 0.717) is 22.5 Å². The third-order valence-corrected chi connectivity index (χ3v) is 5.68. The zero-order chi connectivity index (χ0) is 21.3. The number of hydrogen-bond donors (Lipinski definition) is 2. The number of hydrogen-bond acceptors (Lipinski definition) is 4.